The van der Waals surface area contributed by atoms with Gasteiger partial charge in [0.2, 0.25) is 0 Å². The van der Waals surface area contributed by atoms with Crippen LogP contribution in [0, 0.1) is 11.6 Å². The molecule has 1 heterocycles. The number of benzene rings is 3. The molecule has 1 aliphatic rings. The molecule has 3 aromatic rings. The van der Waals surface area contributed by atoms with Crippen molar-refractivity contribution in [2.45, 2.75) is 25.8 Å². The zero-order chi connectivity index (χ0) is 20.4. The van der Waals surface area contributed by atoms with Crippen LogP contribution in [0.4, 0.5) is 14.5 Å². The number of fused-ring (bicyclic) bond motifs is 1. The molecule has 1 aliphatic heterocycles. The van der Waals surface area contributed by atoms with E-state index >= 15 is 0 Å². The van der Waals surface area contributed by atoms with Crippen molar-refractivity contribution in [1.29, 1.82) is 0 Å². The summed E-state index contributed by atoms with van der Waals surface area (Å²) in [6.07, 6.45) is 2.51. The molecule has 0 spiro atoms. The quantitative estimate of drug-likeness (QED) is 0.640. The lowest BCUT2D eigenvalue weighted by atomic mass is 9.99. The van der Waals surface area contributed by atoms with Gasteiger partial charge in [0.15, 0.2) is 0 Å². The van der Waals surface area contributed by atoms with Crippen LogP contribution >= 0.6 is 0 Å². The minimum Gasteiger partial charge on any atom is -0.478 e. The molecule has 1 N–H and O–H groups in total. The van der Waals surface area contributed by atoms with Gasteiger partial charge >= 0.3 is 5.97 Å². The number of hydrogen-bond acceptors (Lipinski definition) is 2. The SMILES string of the molecule is O=C(O)c1ccc(CCc2cccc3c2N(Cc2cc(F)cc(F)c2)CC3)cc1. The maximum Gasteiger partial charge on any atom is 0.335 e. The van der Waals surface area contributed by atoms with Gasteiger partial charge in [0.25, 0.3) is 0 Å². The third-order valence-electron chi connectivity index (χ3n) is 5.35. The molecule has 5 heteroatoms. The summed E-state index contributed by atoms with van der Waals surface area (Å²) in [4.78, 5) is 13.2. The van der Waals surface area contributed by atoms with Gasteiger partial charge in [0.1, 0.15) is 11.6 Å². The first-order chi connectivity index (χ1) is 14.0. The summed E-state index contributed by atoms with van der Waals surface area (Å²) in [5.41, 5.74) is 5.57. The first-order valence-electron chi connectivity index (χ1n) is 9.62. The molecule has 0 unspecified atom stereocenters. The van der Waals surface area contributed by atoms with E-state index in [0.29, 0.717) is 12.1 Å². The predicted octanol–water partition coefficient (Wildman–Crippen LogP) is 5.01. The molecule has 29 heavy (non-hydrogen) atoms. The number of nitrogens with zero attached hydrogens (tertiary/aromatic N) is 1. The zero-order valence-electron chi connectivity index (χ0n) is 15.9. The van der Waals surface area contributed by atoms with Gasteiger partial charge in [-0.05, 0) is 65.8 Å². The van der Waals surface area contributed by atoms with Crippen LogP contribution in [-0.2, 0) is 25.8 Å². The third kappa shape index (κ3) is 4.29. The van der Waals surface area contributed by atoms with Crippen LogP contribution < -0.4 is 4.90 Å². The average Bonchev–Trinajstić information content (AvgIpc) is 3.09. The number of aromatic carboxylic acids is 1. The lowest BCUT2D eigenvalue weighted by Crippen LogP contribution is -2.21. The van der Waals surface area contributed by atoms with Gasteiger partial charge in [-0.3, -0.25) is 0 Å². The summed E-state index contributed by atoms with van der Waals surface area (Å²) in [7, 11) is 0. The van der Waals surface area contributed by atoms with Crippen molar-refractivity contribution in [3.05, 3.63) is 100 Å². The molecule has 148 valence electrons. The highest BCUT2D eigenvalue weighted by Gasteiger charge is 2.22. The summed E-state index contributed by atoms with van der Waals surface area (Å²) in [6.45, 7) is 1.28. The number of carboxylic acid groups (broad SMARTS) is 1. The predicted molar refractivity (Wildman–Crippen MR) is 108 cm³/mol. The van der Waals surface area contributed by atoms with Gasteiger partial charge < -0.3 is 10.0 Å². The van der Waals surface area contributed by atoms with Crippen LogP contribution in [0.3, 0.4) is 0 Å². The number of carbonyl (C=O) groups is 1. The first-order valence-corrected chi connectivity index (χ1v) is 9.62. The van der Waals surface area contributed by atoms with Gasteiger partial charge in [-0.15, -0.1) is 0 Å². The van der Waals surface area contributed by atoms with E-state index in [1.165, 1.54) is 23.3 Å². The molecule has 4 rings (SSSR count). The van der Waals surface area contributed by atoms with Crippen molar-refractivity contribution >= 4 is 11.7 Å². The molecule has 0 aliphatic carbocycles. The zero-order valence-corrected chi connectivity index (χ0v) is 15.9. The standard InChI is InChI=1S/C24H21F2NO2/c25-21-12-17(13-22(26)14-21)15-27-11-10-19-3-1-2-18(23(19)27)7-4-16-5-8-20(9-6-16)24(28)29/h1-3,5-6,8-9,12-14H,4,7,10-11,15H2,(H,28,29). The van der Waals surface area contributed by atoms with Crippen molar-refractivity contribution < 1.29 is 18.7 Å². The topological polar surface area (TPSA) is 40.5 Å². The number of rotatable bonds is 6. The second-order valence-corrected chi connectivity index (χ2v) is 7.38. The Kier molecular flexibility index (Phi) is 5.30. The van der Waals surface area contributed by atoms with E-state index in [1.54, 1.807) is 12.1 Å². The average molecular weight is 393 g/mol. The van der Waals surface area contributed by atoms with Gasteiger partial charge in [0.05, 0.1) is 5.56 Å². The van der Waals surface area contributed by atoms with E-state index in [4.69, 9.17) is 5.11 Å². The second kappa shape index (κ2) is 8.03. The van der Waals surface area contributed by atoms with Crippen molar-refractivity contribution in [2.24, 2.45) is 0 Å². The largest absolute Gasteiger partial charge is 0.478 e. The molecule has 0 saturated heterocycles. The Bertz CT molecular complexity index is 1030. The van der Waals surface area contributed by atoms with E-state index in [9.17, 15) is 13.6 Å². The fourth-order valence-corrected chi connectivity index (χ4v) is 4.00. The minimum atomic E-state index is -0.929. The highest BCUT2D eigenvalue weighted by Crippen LogP contribution is 2.34. The Morgan fingerprint density at radius 2 is 1.66 bits per heavy atom. The van der Waals surface area contributed by atoms with E-state index < -0.39 is 17.6 Å². The number of aryl methyl sites for hydroxylation is 2. The summed E-state index contributed by atoms with van der Waals surface area (Å²) in [5, 5.41) is 9.02. The number of anilines is 1. The Morgan fingerprint density at radius 3 is 2.34 bits per heavy atom. The van der Waals surface area contributed by atoms with Gasteiger partial charge in [-0.1, -0.05) is 30.3 Å². The lowest BCUT2D eigenvalue weighted by Gasteiger charge is -2.23. The fourth-order valence-electron chi connectivity index (χ4n) is 4.00. The van der Waals surface area contributed by atoms with Gasteiger partial charge in [0, 0.05) is 24.8 Å². The van der Waals surface area contributed by atoms with E-state index in [1.807, 2.05) is 18.2 Å². The maximum atomic E-state index is 13.6. The molecule has 0 bridgehead atoms. The molecule has 0 saturated carbocycles. The first kappa shape index (κ1) is 19.1. The molecule has 0 atom stereocenters. The number of halogens is 2. The summed E-state index contributed by atoms with van der Waals surface area (Å²) >= 11 is 0. The van der Waals surface area contributed by atoms with Crippen LogP contribution in [-0.4, -0.2) is 17.6 Å². The van der Waals surface area contributed by atoms with Crippen LogP contribution in [0.1, 0.15) is 32.6 Å². The van der Waals surface area contributed by atoms with Gasteiger partial charge in [-0.25, -0.2) is 13.6 Å². The van der Waals surface area contributed by atoms with Crippen molar-refractivity contribution in [1.82, 2.24) is 0 Å². The molecule has 0 radical (unpaired) electrons. The van der Waals surface area contributed by atoms with Gasteiger partial charge in [-0.2, -0.15) is 0 Å². The third-order valence-corrected chi connectivity index (χ3v) is 5.35. The Balaban J connectivity index is 1.52. The monoisotopic (exact) mass is 393 g/mol. The number of carboxylic acids is 1. The molecular weight excluding hydrogens is 372 g/mol. The van der Waals surface area contributed by atoms with Crippen LogP contribution in [0.25, 0.3) is 0 Å². The summed E-state index contributed by atoms with van der Waals surface area (Å²) in [6, 6.07) is 16.8. The van der Waals surface area contributed by atoms with E-state index in [0.717, 1.165) is 43.1 Å². The summed E-state index contributed by atoms with van der Waals surface area (Å²) < 4.78 is 27.1. The highest BCUT2D eigenvalue weighted by atomic mass is 19.1. The van der Waals surface area contributed by atoms with Crippen LogP contribution in [0.5, 0.6) is 0 Å². The van der Waals surface area contributed by atoms with Crippen molar-refractivity contribution in [3.63, 3.8) is 0 Å². The minimum absolute atomic E-state index is 0.280. The molecule has 3 nitrogen and oxygen atoms in total. The lowest BCUT2D eigenvalue weighted by molar-refractivity contribution is 0.0697. The molecular formula is C24H21F2NO2. The Hall–Kier alpha value is -3.21. The molecule has 0 aromatic heterocycles. The maximum absolute atomic E-state index is 13.6. The highest BCUT2D eigenvalue weighted by molar-refractivity contribution is 5.87. The number of para-hydroxylation sites is 1. The van der Waals surface area contributed by atoms with Crippen LogP contribution in [0.2, 0.25) is 0 Å². The Labute approximate surface area is 168 Å². The van der Waals surface area contributed by atoms with Crippen molar-refractivity contribution in [3.8, 4) is 0 Å². The Morgan fingerprint density at radius 1 is 0.931 bits per heavy atom. The van der Waals surface area contributed by atoms with Crippen LogP contribution in [0.15, 0.2) is 60.7 Å². The molecule has 3 aromatic carbocycles. The second-order valence-electron chi connectivity index (χ2n) is 7.38. The van der Waals surface area contributed by atoms with E-state index in [-0.39, 0.29) is 5.56 Å². The summed E-state index contributed by atoms with van der Waals surface area (Å²) in [5.74, 6) is -2.04. The normalized spacial score (nSPS) is 12.8. The van der Waals surface area contributed by atoms with E-state index in [2.05, 4.69) is 17.0 Å². The van der Waals surface area contributed by atoms with Crippen molar-refractivity contribution in [2.75, 3.05) is 11.4 Å². The fraction of sp³-hybridized carbons (Fsp3) is 0.208. The smallest absolute Gasteiger partial charge is 0.335 e. The number of hydrogen-bond donors (Lipinski definition) is 1. The molecule has 0 amide bonds. The molecule has 0 fully saturated rings.